The monoisotopic (exact) mass is 461 g/mol. The molecule has 1 amide bonds. The van der Waals surface area contributed by atoms with E-state index in [2.05, 4.69) is 11.0 Å². The lowest BCUT2D eigenvalue weighted by Crippen LogP contribution is -2.48. The number of hydrogen-bond donors (Lipinski definition) is 0. The summed E-state index contributed by atoms with van der Waals surface area (Å²) in [5, 5.41) is 5.68. The lowest BCUT2D eigenvalue weighted by Gasteiger charge is -2.34. The summed E-state index contributed by atoms with van der Waals surface area (Å²) >= 11 is 1.67. The number of carbonyl (C=O) groups is 1. The molecule has 3 heterocycles. The largest absolute Gasteiger partial charge is 0.497 e. The Morgan fingerprint density at radius 1 is 0.970 bits per heavy atom. The molecule has 7 nitrogen and oxygen atoms in total. The Balaban J connectivity index is 1.34. The molecule has 0 atom stereocenters. The fourth-order valence-corrected chi connectivity index (χ4v) is 5.38. The van der Waals surface area contributed by atoms with Crippen LogP contribution in [-0.4, -0.2) is 58.9 Å². The zero-order valence-electron chi connectivity index (χ0n) is 19.3. The van der Waals surface area contributed by atoms with Crippen LogP contribution < -0.4 is 9.64 Å². The van der Waals surface area contributed by atoms with Gasteiger partial charge in [0.1, 0.15) is 5.75 Å². The number of anilines is 1. The SMILES string of the molecule is COc1ccc(-n2nc(C)c3sc(N4CCN(C(=O)c5cc(C)cc(C)c5)CC4)nc32)cc1. The summed E-state index contributed by atoms with van der Waals surface area (Å²) in [6, 6.07) is 13.9. The number of methoxy groups -OCH3 is 1. The van der Waals surface area contributed by atoms with Crippen molar-refractivity contribution in [2.75, 3.05) is 38.2 Å². The van der Waals surface area contributed by atoms with Crippen LogP contribution in [-0.2, 0) is 0 Å². The molecule has 1 fully saturated rings. The van der Waals surface area contributed by atoms with Crippen molar-refractivity contribution in [3.8, 4) is 11.4 Å². The second-order valence-electron chi connectivity index (χ2n) is 8.50. The molecule has 0 spiro atoms. The van der Waals surface area contributed by atoms with E-state index in [4.69, 9.17) is 14.8 Å². The van der Waals surface area contributed by atoms with Crippen LogP contribution in [0.3, 0.4) is 0 Å². The predicted octanol–water partition coefficient (Wildman–Crippen LogP) is 4.38. The molecule has 1 saturated heterocycles. The summed E-state index contributed by atoms with van der Waals surface area (Å²) in [4.78, 5) is 22.2. The summed E-state index contributed by atoms with van der Waals surface area (Å²) < 4.78 is 8.25. The normalized spacial score (nSPS) is 14.2. The van der Waals surface area contributed by atoms with E-state index in [1.165, 1.54) is 0 Å². The number of fused-ring (bicyclic) bond motifs is 1. The molecule has 0 bridgehead atoms. The number of nitrogens with zero attached hydrogens (tertiary/aromatic N) is 5. The summed E-state index contributed by atoms with van der Waals surface area (Å²) in [6.07, 6.45) is 0. The summed E-state index contributed by atoms with van der Waals surface area (Å²) in [5.74, 6) is 0.919. The molecule has 2 aromatic heterocycles. The van der Waals surface area contributed by atoms with E-state index in [1.54, 1.807) is 18.4 Å². The van der Waals surface area contributed by atoms with E-state index in [1.807, 2.05) is 66.8 Å². The first kappa shape index (κ1) is 21.5. The quantitative estimate of drug-likeness (QED) is 0.451. The topological polar surface area (TPSA) is 63.5 Å². The first-order valence-corrected chi connectivity index (χ1v) is 11.9. The molecular formula is C25H27N5O2S. The fourth-order valence-electron chi connectivity index (χ4n) is 4.34. The van der Waals surface area contributed by atoms with Crippen LogP contribution in [0.1, 0.15) is 27.2 Å². The zero-order valence-corrected chi connectivity index (χ0v) is 20.1. The van der Waals surface area contributed by atoms with E-state index < -0.39 is 0 Å². The zero-order chi connectivity index (χ0) is 23.1. The second-order valence-corrected chi connectivity index (χ2v) is 9.48. The van der Waals surface area contributed by atoms with Gasteiger partial charge in [-0.3, -0.25) is 4.79 Å². The number of benzene rings is 2. The smallest absolute Gasteiger partial charge is 0.253 e. The van der Waals surface area contributed by atoms with Crippen LogP contribution in [0.25, 0.3) is 16.0 Å². The molecule has 8 heteroatoms. The van der Waals surface area contributed by atoms with E-state index in [0.717, 1.165) is 62.4 Å². The fraction of sp³-hybridized carbons (Fsp3) is 0.320. The summed E-state index contributed by atoms with van der Waals surface area (Å²) in [7, 11) is 1.66. The van der Waals surface area contributed by atoms with Crippen molar-refractivity contribution in [1.29, 1.82) is 0 Å². The van der Waals surface area contributed by atoms with Gasteiger partial charge in [0.15, 0.2) is 10.8 Å². The van der Waals surface area contributed by atoms with Gasteiger partial charge in [-0.25, -0.2) is 4.68 Å². The predicted molar refractivity (Wildman–Crippen MR) is 132 cm³/mol. The van der Waals surface area contributed by atoms with Gasteiger partial charge < -0.3 is 14.5 Å². The minimum Gasteiger partial charge on any atom is -0.497 e. The molecule has 4 aromatic rings. The number of rotatable bonds is 4. The van der Waals surface area contributed by atoms with Gasteiger partial charge in [0.25, 0.3) is 5.91 Å². The highest BCUT2D eigenvalue weighted by atomic mass is 32.1. The van der Waals surface area contributed by atoms with Crippen LogP contribution in [0, 0.1) is 20.8 Å². The second kappa shape index (κ2) is 8.51. The van der Waals surface area contributed by atoms with Crippen LogP contribution in [0.5, 0.6) is 5.75 Å². The van der Waals surface area contributed by atoms with Crippen LogP contribution >= 0.6 is 11.3 Å². The highest BCUT2D eigenvalue weighted by Crippen LogP contribution is 2.33. The number of hydrogen-bond acceptors (Lipinski definition) is 6. The Kier molecular flexibility index (Phi) is 5.54. The molecule has 0 saturated carbocycles. The lowest BCUT2D eigenvalue weighted by molar-refractivity contribution is 0.0746. The Hall–Kier alpha value is -3.39. The van der Waals surface area contributed by atoms with Crippen molar-refractivity contribution in [1.82, 2.24) is 19.7 Å². The van der Waals surface area contributed by atoms with Gasteiger partial charge in [0.05, 0.1) is 23.2 Å². The van der Waals surface area contributed by atoms with Crippen molar-refractivity contribution in [2.45, 2.75) is 20.8 Å². The molecule has 0 aliphatic carbocycles. The minimum absolute atomic E-state index is 0.108. The molecule has 2 aromatic carbocycles. The van der Waals surface area contributed by atoms with Gasteiger partial charge in [-0.15, -0.1) is 0 Å². The average molecular weight is 462 g/mol. The number of carbonyl (C=O) groups excluding carboxylic acids is 1. The number of aryl methyl sites for hydroxylation is 3. The van der Waals surface area contributed by atoms with Gasteiger partial charge in [-0.05, 0) is 57.2 Å². The highest BCUT2D eigenvalue weighted by molar-refractivity contribution is 7.22. The van der Waals surface area contributed by atoms with Gasteiger partial charge in [-0.1, -0.05) is 28.5 Å². The highest BCUT2D eigenvalue weighted by Gasteiger charge is 2.25. The van der Waals surface area contributed by atoms with E-state index >= 15 is 0 Å². The Labute approximate surface area is 197 Å². The van der Waals surface area contributed by atoms with Gasteiger partial charge in [0, 0.05) is 31.7 Å². The average Bonchev–Trinajstić information content (AvgIpc) is 3.39. The summed E-state index contributed by atoms with van der Waals surface area (Å²) in [6.45, 7) is 8.98. The number of aromatic nitrogens is 3. The maximum atomic E-state index is 13.0. The number of amides is 1. The van der Waals surface area contributed by atoms with Crippen LogP contribution in [0.2, 0.25) is 0 Å². The summed E-state index contributed by atoms with van der Waals surface area (Å²) in [5.41, 5.74) is 5.80. The van der Waals surface area contributed by atoms with Gasteiger partial charge >= 0.3 is 0 Å². The molecule has 0 radical (unpaired) electrons. The molecule has 0 N–H and O–H groups in total. The lowest BCUT2D eigenvalue weighted by atomic mass is 10.1. The number of ether oxygens (including phenoxy) is 1. The van der Waals surface area contributed by atoms with Crippen LogP contribution in [0.15, 0.2) is 42.5 Å². The van der Waals surface area contributed by atoms with Crippen molar-refractivity contribution in [3.63, 3.8) is 0 Å². The third-order valence-electron chi connectivity index (χ3n) is 6.00. The molecule has 33 heavy (non-hydrogen) atoms. The Morgan fingerprint density at radius 3 is 2.27 bits per heavy atom. The number of thiazole rings is 1. The standard InChI is InChI=1S/C25H27N5O2S/c1-16-13-17(2)15-19(14-16)24(31)28-9-11-29(12-10-28)25-26-23-22(33-25)18(3)27-30(23)20-5-7-21(32-4)8-6-20/h5-8,13-15H,9-12H2,1-4H3. The third-order valence-corrected chi connectivity index (χ3v) is 7.21. The van der Waals surface area contributed by atoms with E-state index in [-0.39, 0.29) is 5.91 Å². The van der Waals surface area contributed by atoms with E-state index in [0.29, 0.717) is 13.1 Å². The van der Waals surface area contributed by atoms with Gasteiger partial charge in [-0.2, -0.15) is 10.1 Å². The Morgan fingerprint density at radius 2 is 1.64 bits per heavy atom. The Bertz CT molecular complexity index is 1300. The first-order chi connectivity index (χ1) is 15.9. The number of piperazine rings is 1. The minimum atomic E-state index is 0.108. The van der Waals surface area contributed by atoms with Crippen molar-refractivity contribution in [2.24, 2.45) is 0 Å². The molecule has 1 aliphatic rings. The molecular weight excluding hydrogens is 434 g/mol. The van der Waals surface area contributed by atoms with Crippen molar-refractivity contribution >= 4 is 32.7 Å². The molecule has 0 unspecified atom stereocenters. The molecule has 5 rings (SSSR count). The maximum Gasteiger partial charge on any atom is 0.253 e. The third kappa shape index (κ3) is 4.06. The van der Waals surface area contributed by atoms with Crippen LogP contribution in [0.4, 0.5) is 5.13 Å². The first-order valence-electron chi connectivity index (χ1n) is 11.1. The van der Waals surface area contributed by atoms with Crippen molar-refractivity contribution in [3.05, 3.63) is 64.8 Å². The van der Waals surface area contributed by atoms with E-state index in [9.17, 15) is 4.79 Å². The van der Waals surface area contributed by atoms with Gasteiger partial charge in [0.2, 0.25) is 0 Å². The molecule has 1 aliphatic heterocycles. The maximum absolute atomic E-state index is 13.0. The van der Waals surface area contributed by atoms with Crippen molar-refractivity contribution < 1.29 is 9.53 Å². The molecule has 170 valence electrons.